The highest BCUT2D eigenvalue weighted by Gasteiger charge is 2.11. The minimum Gasteiger partial charge on any atom is -0.387 e. The molecule has 3 heteroatoms. The molecular weight excluding hydrogens is 224 g/mol. The Morgan fingerprint density at radius 3 is 2.50 bits per heavy atom. The van der Waals surface area contributed by atoms with E-state index in [0.29, 0.717) is 5.92 Å². The van der Waals surface area contributed by atoms with E-state index in [-0.39, 0.29) is 0 Å². The molecule has 96 valence electrons. The van der Waals surface area contributed by atoms with Crippen molar-refractivity contribution in [3.63, 3.8) is 0 Å². The molecule has 1 aromatic carbocycles. The average molecular weight is 244 g/mol. The van der Waals surface area contributed by atoms with Crippen molar-refractivity contribution in [2.45, 2.75) is 32.8 Å². The van der Waals surface area contributed by atoms with Crippen LogP contribution >= 0.6 is 0 Å². The third-order valence-corrected chi connectivity index (χ3v) is 2.99. The minimum absolute atomic E-state index is 0.461. The van der Waals surface area contributed by atoms with Crippen LogP contribution in [-0.2, 0) is 0 Å². The molecule has 0 amide bonds. The van der Waals surface area contributed by atoms with Gasteiger partial charge in [0.05, 0.1) is 17.5 Å². The number of hydrogen-bond acceptors (Lipinski definition) is 2. The highest BCUT2D eigenvalue weighted by Crippen LogP contribution is 2.20. The maximum Gasteiger partial charge on any atom is 0.0978 e. The molecule has 1 N–H and O–H groups in total. The molecule has 0 saturated carbocycles. The van der Waals surface area contributed by atoms with Gasteiger partial charge in [-0.15, -0.1) is 0 Å². The predicted octanol–water partition coefficient (Wildman–Crippen LogP) is 3.34. The number of rotatable bonds is 5. The molecule has 1 atom stereocenters. The van der Waals surface area contributed by atoms with E-state index in [9.17, 15) is 5.11 Å². The summed E-state index contributed by atoms with van der Waals surface area (Å²) in [5, 5.41) is 14.5. The van der Waals surface area contributed by atoms with E-state index < -0.39 is 6.10 Å². The molecule has 0 spiro atoms. The van der Waals surface area contributed by atoms with Gasteiger partial charge < -0.3 is 5.11 Å². The lowest BCUT2D eigenvalue weighted by Gasteiger charge is -2.09. The third-order valence-electron chi connectivity index (χ3n) is 2.99. The van der Waals surface area contributed by atoms with E-state index >= 15 is 0 Å². The molecule has 1 heterocycles. The third kappa shape index (κ3) is 3.20. The Labute approximate surface area is 108 Å². The lowest BCUT2D eigenvalue weighted by Crippen LogP contribution is -2.02. The summed E-state index contributed by atoms with van der Waals surface area (Å²) in [6.45, 7) is 4.32. The molecule has 18 heavy (non-hydrogen) atoms. The van der Waals surface area contributed by atoms with Crippen molar-refractivity contribution in [1.29, 1.82) is 0 Å². The van der Waals surface area contributed by atoms with E-state index in [4.69, 9.17) is 0 Å². The normalized spacial score (nSPS) is 12.9. The summed E-state index contributed by atoms with van der Waals surface area (Å²) < 4.78 is 1.80. The van der Waals surface area contributed by atoms with E-state index in [1.54, 1.807) is 4.68 Å². The molecule has 1 aromatic heterocycles. The van der Waals surface area contributed by atoms with E-state index in [1.165, 1.54) is 0 Å². The molecule has 2 rings (SSSR count). The summed E-state index contributed by atoms with van der Waals surface area (Å²) in [6, 6.07) is 11.8. The number of nitrogens with zero attached hydrogens (tertiary/aromatic N) is 2. The SMILES string of the molecule is CC(C)CCC(O)c1ccn(-c2ccccc2)n1. The largest absolute Gasteiger partial charge is 0.387 e. The fourth-order valence-corrected chi connectivity index (χ4v) is 1.88. The Bertz CT molecular complexity index is 476. The van der Waals surface area contributed by atoms with E-state index in [1.807, 2.05) is 42.6 Å². The van der Waals surface area contributed by atoms with Gasteiger partial charge in [-0.25, -0.2) is 4.68 Å². The highest BCUT2D eigenvalue weighted by atomic mass is 16.3. The van der Waals surface area contributed by atoms with Gasteiger partial charge >= 0.3 is 0 Å². The predicted molar refractivity (Wildman–Crippen MR) is 72.6 cm³/mol. The Hall–Kier alpha value is -1.61. The van der Waals surface area contributed by atoms with Gasteiger partial charge in [0.15, 0.2) is 0 Å². The molecule has 3 nitrogen and oxygen atoms in total. The molecule has 1 unspecified atom stereocenters. The van der Waals surface area contributed by atoms with Gasteiger partial charge in [-0.2, -0.15) is 5.10 Å². The Balaban J connectivity index is 2.06. The second-order valence-electron chi connectivity index (χ2n) is 5.01. The Morgan fingerprint density at radius 2 is 1.83 bits per heavy atom. The number of hydrogen-bond donors (Lipinski definition) is 1. The summed E-state index contributed by atoms with van der Waals surface area (Å²) in [7, 11) is 0. The lowest BCUT2D eigenvalue weighted by molar-refractivity contribution is 0.154. The number of para-hydroxylation sites is 1. The first kappa shape index (κ1) is 12.8. The maximum absolute atomic E-state index is 10.1. The average Bonchev–Trinajstić information content (AvgIpc) is 2.86. The minimum atomic E-state index is -0.461. The quantitative estimate of drug-likeness (QED) is 0.876. The first-order valence-corrected chi connectivity index (χ1v) is 6.46. The van der Waals surface area contributed by atoms with Crippen molar-refractivity contribution in [2.75, 3.05) is 0 Å². The van der Waals surface area contributed by atoms with Gasteiger partial charge in [-0.05, 0) is 37.0 Å². The molecule has 0 fully saturated rings. The Kier molecular flexibility index (Phi) is 4.15. The smallest absolute Gasteiger partial charge is 0.0978 e. The second kappa shape index (κ2) is 5.83. The van der Waals surface area contributed by atoms with Gasteiger partial charge in [0.1, 0.15) is 0 Å². The van der Waals surface area contributed by atoms with Crippen LogP contribution in [0.3, 0.4) is 0 Å². The van der Waals surface area contributed by atoms with Crippen molar-refractivity contribution >= 4 is 0 Å². The standard InChI is InChI=1S/C15H20N2O/c1-12(2)8-9-15(18)14-10-11-17(16-14)13-6-4-3-5-7-13/h3-7,10-12,15,18H,8-9H2,1-2H3. The van der Waals surface area contributed by atoms with Gasteiger partial charge in [0.25, 0.3) is 0 Å². The summed E-state index contributed by atoms with van der Waals surface area (Å²) in [4.78, 5) is 0. The van der Waals surface area contributed by atoms with Crippen molar-refractivity contribution in [3.8, 4) is 5.69 Å². The molecule has 0 radical (unpaired) electrons. The number of aliphatic hydroxyl groups excluding tert-OH is 1. The molecule has 0 aliphatic carbocycles. The summed E-state index contributed by atoms with van der Waals surface area (Å²) >= 11 is 0. The van der Waals surface area contributed by atoms with Crippen LogP contribution < -0.4 is 0 Å². The zero-order chi connectivity index (χ0) is 13.0. The van der Waals surface area contributed by atoms with Crippen molar-refractivity contribution < 1.29 is 5.11 Å². The molecule has 0 bridgehead atoms. The molecule has 0 saturated heterocycles. The molecule has 0 aliphatic heterocycles. The van der Waals surface area contributed by atoms with Gasteiger partial charge in [0, 0.05) is 6.20 Å². The molecular formula is C15H20N2O. The zero-order valence-corrected chi connectivity index (χ0v) is 11.0. The van der Waals surface area contributed by atoms with E-state index in [2.05, 4.69) is 18.9 Å². The van der Waals surface area contributed by atoms with Crippen molar-refractivity contribution in [3.05, 3.63) is 48.3 Å². The van der Waals surface area contributed by atoms with Gasteiger partial charge in [-0.1, -0.05) is 32.0 Å². The van der Waals surface area contributed by atoms with Crippen LogP contribution in [0.5, 0.6) is 0 Å². The summed E-state index contributed by atoms with van der Waals surface area (Å²) in [5.41, 5.74) is 1.76. The fourth-order valence-electron chi connectivity index (χ4n) is 1.88. The molecule has 0 aliphatic rings. The van der Waals surface area contributed by atoms with Crippen LogP contribution in [0.25, 0.3) is 5.69 Å². The Morgan fingerprint density at radius 1 is 1.11 bits per heavy atom. The molecule has 2 aromatic rings. The monoisotopic (exact) mass is 244 g/mol. The number of benzene rings is 1. The van der Waals surface area contributed by atoms with Crippen LogP contribution in [0.1, 0.15) is 38.5 Å². The van der Waals surface area contributed by atoms with Crippen LogP contribution in [-0.4, -0.2) is 14.9 Å². The maximum atomic E-state index is 10.1. The fraction of sp³-hybridized carbons (Fsp3) is 0.400. The number of aromatic nitrogens is 2. The van der Waals surface area contributed by atoms with Crippen LogP contribution in [0.2, 0.25) is 0 Å². The first-order chi connectivity index (χ1) is 8.66. The van der Waals surface area contributed by atoms with Crippen LogP contribution in [0.15, 0.2) is 42.6 Å². The zero-order valence-electron chi connectivity index (χ0n) is 11.0. The van der Waals surface area contributed by atoms with Crippen LogP contribution in [0.4, 0.5) is 0 Å². The van der Waals surface area contributed by atoms with Crippen molar-refractivity contribution in [2.24, 2.45) is 5.92 Å². The van der Waals surface area contributed by atoms with Crippen molar-refractivity contribution in [1.82, 2.24) is 9.78 Å². The summed E-state index contributed by atoms with van der Waals surface area (Å²) in [6.07, 6.45) is 3.21. The van der Waals surface area contributed by atoms with Gasteiger partial charge in [0.2, 0.25) is 0 Å². The number of aliphatic hydroxyl groups is 1. The first-order valence-electron chi connectivity index (χ1n) is 6.46. The summed E-state index contributed by atoms with van der Waals surface area (Å²) in [5.74, 6) is 0.607. The van der Waals surface area contributed by atoms with Crippen LogP contribution in [0, 0.1) is 5.92 Å². The van der Waals surface area contributed by atoms with Gasteiger partial charge in [-0.3, -0.25) is 0 Å². The second-order valence-corrected chi connectivity index (χ2v) is 5.01. The highest BCUT2D eigenvalue weighted by molar-refractivity contribution is 5.30. The van der Waals surface area contributed by atoms with E-state index in [0.717, 1.165) is 24.2 Å². The lowest BCUT2D eigenvalue weighted by atomic mass is 10.0. The topological polar surface area (TPSA) is 38.0 Å².